The molecule has 0 aliphatic carbocycles. The van der Waals surface area contributed by atoms with E-state index in [1.165, 1.54) is 19.1 Å². The highest BCUT2D eigenvalue weighted by atomic mass is 16.7. The highest BCUT2D eigenvalue weighted by Crippen LogP contribution is 2.22. The maximum Gasteiger partial charge on any atom is 0.361 e. The van der Waals surface area contributed by atoms with Gasteiger partial charge in [-0.2, -0.15) is 0 Å². The fourth-order valence-corrected chi connectivity index (χ4v) is 1.82. The van der Waals surface area contributed by atoms with Crippen molar-refractivity contribution in [2.75, 3.05) is 6.61 Å². The van der Waals surface area contributed by atoms with Gasteiger partial charge in [0, 0.05) is 0 Å². The van der Waals surface area contributed by atoms with Crippen LogP contribution in [0.2, 0.25) is 0 Å². The maximum atomic E-state index is 12.0. The summed E-state index contributed by atoms with van der Waals surface area (Å²) in [6.45, 7) is 5.80. The normalized spacial score (nSPS) is 15.3. The molecule has 1 unspecified atom stereocenters. The average Bonchev–Trinajstić information content (AvgIpc) is 2.70. The third-order valence-corrected chi connectivity index (χ3v) is 2.95. The van der Waals surface area contributed by atoms with Gasteiger partial charge in [0.15, 0.2) is 6.10 Å². The molecule has 2 amide bonds. The Morgan fingerprint density at radius 3 is 2.10 bits per heavy atom. The van der Waals surface area contributed by atoms with Crippen molar-refractivity contribution in [3.63, 3.8) is 0 Å². The zero-order valence-electron chi connectivity index (χ0n) is 12.2. The van der Waals surface area contributed by atoms with Gasteiger partial charge in [0.1, 0.15) is 0 Å². The van der Waals surface area contributed by atoms with E-state index in [2.05, 4.69) is 0 Å². The number of imide groups is 1. The summed E-state index contributed by atoms with van der Waals surface area (Å²) in [5, 5.41) is 0.488. The van der Waals surface area contributed by atoms with Gasteiger partial charge in [-0.05, 0) is 25.0 Å². The van der Waals surface area contributed by atoms with Crippen LogP contribution in [0.3, 0.4) is 0 Å². The van der Waals surface area contributed by atoms with Crippen LogP contribution in [0.1, 0.15) is 41.5 Å². The number of hydrogen-bond acceptors (Lipinski definition) is 5. The lowest BCUT2D eigenvalue weighted by molar-refractivity contribution is -0.181. The molecule has 2 rings (SSSR count). The Morgan fingerprint density at radius 2 is 1.62 bits per heavy atom. The van der Waals surface area contributed by atoms with E-state index >= 15 is 0 Å². The molecule has 1 atom stereocenters. The number of hydroxylamine groups is 2. The van der Waals surface area contributed by atoms with Crippen LogP contribution in [0.25, 0.3) is 0 Å². The van der Waals surface area contributed by atoms with Crippen LogP contribution in [-0.4, -0.2) is 35.6 Å². The minimum Gasteiger partial charge on any atom is -0.366 e. The topological polar surface area (TPSA) is 72.9 Å². The van der Waals surface area contributed by atoms with Gasteiger partial charge in [-0.15, -0.1) is 0 Å². The van der Waals surface area contributed by atoms with Gasteiger partial charge in [-0.1, -0.05) is 31.0 Å². The van der Waals surface area contributed by atoms with E-state index in [0.29, 0.717) is 11.7 Å². The summed E-state index contributed by atoms with van der Waals surface area (Å²) < 4.78 is 5.30. The molecule has 112 valence electrons. The number of rotatable bonds is 5. The van der Waals surface area contributed by atoms with Crippen LogP contribution in [0, 0.1) is 5.92 Å². The number of amides is 2. The van der Waals surface area contributed by atoms with Crippen LogP contribution in [0.15, 0.2) is 24.3 Å². The highest BCUT2D eigenvalue weighted by Gasteiger charge is 2.39. The largest absolute Gasteiger partial charge is 0.366 e. The molecule has 0 saturated heterocycles. The lowest BCUT2D eigenvalue weighted by Crippen LogP contribution is -2.37. The van der Waals surface area contributed by atoms with Crippen LogP contribution in [-0.2, 0) is 14.4 Å². The van der Waals surface area contributed by atoms with Gasteiger partial charge in [0.05, 0.1) is 17.7 Å². The third-order valence-electron chi connectivity index (χ3n) is 2.95. The first-order valence-electron chi connectivity index (χ1n) is 6.73. The van der Waals surface area contributed by atoms with Crippen molar-refractivity contribution >= 4 is 17.8 Å². The van der Waals surface area contributed by atoms with Gasteiger partial charge in [0.2, 0.25) is 0 Å². The Hall–Kier alpha value is -2.21. The molecule has 6 nitrogen and oxygen atoms in total. The summed E-state index contributed by atoms with van der Waals surface area (Å²) in [6.07, 6.45) is -0.850. The minimum absolute atomic E-state index is 0.228. The third kappa shape index (κ3) is 3.11. The predicted molar refractivity (Wildman–Crippen MR) is 73.3 cm³/mol. The number of nitrogens with zero attached hydrogens (tertiary/aromatic N) is 1. The molecule has 1 aromatic carbocycles. The van der Waals surface area contributed by atoms with Gasteiger partial charge < -0.3 is 9.57 Å². The number of ether oxygens (including phenoxy) is 1. The standard InChI is InChI=1S/C15H17NO5/c1-9(2)8-20-10(3)15(19)21-16-13(17)11-6-4-5-7-12(11)14(16)18/h4-7,9-10H,8H2,1-3H3. The first-order chi connectivity index (χ1) is 9.91. The van der Waals surface area contributed by atoms with Crippen LogP contribution < -0.4 is 0 Å². The first kappa shape index (κ1) is 15.2. The summed E-state index contributed by atoms with van der Waals surface area (Å²) in [7, 11) is 0. The van der Waals surface area contributed by atoms with E-state index in [-0.39, 0.29) is 17.0 Å². The van der Waals surface area contributed by atoms with Crippen molar-refractivity contribution < 1.29 is 24.0 Å². The van der Waals surface area contributed by atoms with Crippen LogP contribution >= 0.6 is 0 Å². The first-order valence-corrected chi connectivity index (χ1v) is 6.73. The maximum absolute atomic E-state index is 12.0. The van der Waals surface area contributed by atoms with E-state index in [0.717, 1.165) is 0 Å². The van der Waals surface area contributed by atoms with E-state index in [9.17, 15) is 14.4 Å². The Labute approximate surface area is 122 Å². The molecule has 6 heteroatoms. The molecule has 0 N–H and O–H groups in total. The van der Waals surface area contributed by atoms with Crippen molar-refractivity contribution in [3.8, 4) is 0 Å². The van der Waals surface area contributed by atoms with E-state index in [1.807, 2.05) is 13.8 Å². The molecule has 1 heterocycles. The number of benzene rings is 1. The molecule has 0 radical (unpaired) electrons. The van der Waals surface area contributed by atoms with Crippen molar-refractivity contribution in [1.29, 1.82) is 0 Å². The summed E-state index contributed by atoms with van der Waals surface area (Å²) in [6, 6.07) is 6.32. The lowest BCUT2D eigenvalue weighted by atomic mass is 10.1. The van der Waals surface area contributed by atoms with Crippen LogP contribution in [0.5, 0.6) is 0 Å². The Morgan fingerprint density at radius 1 is 1.10 bits per heavy atom. The molecule has 0 saturated carbocycles. The van der Waals surface area contributed by atoms with Gasteiger partial charge in [0.25, 0.3) is 11.8 Å². The van der Waals surface area contributed by atoms with Crippen molar-refractivity contribution in [1.82, 2.24) is 5.06 Å². The van der Waals surface area contributed by atoms with E-state index in [1.54, 1.807) is 12.1 Å². The quantitative estimate of drug-likeness (QED) is 0.773. The minimum atomic E-state index is -0.850. The molecular weight excluding hydrogens is 274 g/mol. The van der Waals surface area contributed by atoms with Gasteiger partial charge >= 0.3 is 5.97 Å². The van der Waals surface area contributed by atoms with Crippen molar-refractivity contribution in [2.45, 2.75) is 26.9 Å². The smallest absolute Gasteiger partial charge is 0.361 e. The zero-order valence-corrected chi connectivity index (χ0v) is 12.2. The number of carbonyl (C=O) groups is 3. The SMILES string of the molecule is CC(C)COC(C)C(=O)ON1C(=O)c2ccccc2C1=O. The van der Waals surface area contributed by atoms with Gasteiger partial charge in [-0.3, -0.25) is 9.59 Å². The summed E-state index contributed by atoms with van der Waals surface area (Å²) in [4.78, 5) is 40.8. The van der Waals surface area contributed by atoms with E-state index in [4.69, 9.17) is 9.57 Å². The second-order valence-corrected chi connectivity index (χ2v) is 5.23. The lowest BCUT2D eigenvalue weighted by Gasteiger charge is -2.17. The number of carbonyl (C=O) groups excluding carboxylic acids is 3. The van der Waals surface area contributed by atoms with Crippen LogP contribution in [0.4, 0.5) is 0 Å². The molecular formula is C15H17NO5. The van der Waals surface area contributed by atoms with E-state index < -0.39 is 23.9 Å². The van der Waals surface area contributed by atoms with Gasteiger partial charge in [-0.25, -0.2) is 4.79 Å². The zero-order chi connectivity index (χ0) is 15.6. The molecule has 21 heavy (non-hydrogen) atoms. The molecule has 1 aromatic rings. The second kappa shape index (κ2) is 6.05. The summed E-state index contributed by atoms with van der Waals surface area (Å²) >= 11 is 0. The molecule has 0 aromatic heterocycles. The molecule has 1 aliphatic rings. The van der Waals surface area contributed by atoms with Crippen molar-refractivity contribution in [2.24, 2.45) is 5.92 Å². The Balaban J connectivity index is 2.03. The molecule has 1 aliphatic heterocycles. The Kier molecular flexibility index (Phi) is 4.37. The second-order valence-electron chi connectivity index (χ2n) is 5.23. The molecule has 0 bridgehead atoms. The summed E-state index contributed by atoms with van der Waals surface area (Å²) in [5.74, 6) is -1.79. The number of fused-ring (bicyclic) bond motifs is 1. The van der Waals surface area contributed by atoms with Crippen molar-refractivity contribution in [3.05, 3.63) is 35.4 Å². The average molecular weight is 291 g/mol. The fraction of sp³-hybridized carbons (Fsp3) is 0.400. The molecule has 0 spiro atoms. The number of hydrogen-bond donors (Lipinski definition) is 0. The monoisotopic (exact) mass is 291 g/mol. The predicted octanol–water partition coefficient (Wildman–Crippen LogP) is 1.80. The Bertz CT molecular complexity index is 546. The fourth-order valence-electron chi connectivity index (χ4n) is 1.82. The highest BCUT2D eigenvalue weighted by molar-refractivity contribution is 6.20. The molecule has 0 fully saturated rings. The summed E-state index contributed by atoms with van der Waals surface area (Å²) in [5.41, 5.74) is 0.456.